The van der Waals surface area contributed by atoms with Crippen molar-refractivity contribution in [1.29, 1.82) is 0 Å². The normalized spacial score (nSPS) is 15.3. The minimum Gasteiger partial charge on any atom is -0.336 e. The van der Waals surface area contributed by atoms with Crippen LogP contribution in [0.5, 0.6) is 0 Å². The molecule has 0 atom stereocenters. The SMILES string of the molecule is O=C1NCCN1C(=O)c1cc(Cl)ccn1. The Labute approximate surface area is 91.0 Å². The molecule has 2 heterocycles. The lowest BCUT2D eigenvalue weighted by molar-refractivity contribution is 0.0824. The molecule has 1 N–H and O–H groups in total. The van der Waals surface area contributed by atoms with Crippen molar-refractivity contribution < 1.29 is 9.59 Å². The van der Waals surface area contributed by atoms with Crippen molar-refractivity contribution >= 4 is 23.5 Å². The molecule has 1 aromatic rings. The Morgan fingerprint density at radius 3 is 3.00 bits per heavy atom. The van der Waals surface area contributed by atoms with Gasteiger partial charge < -0.3 is 5.32 Å². The van der Waals surface area contributed by atoms with Gasteiger partial charge in [-0.2, -0.15) is 0 Å². The molecule has 6 heteroatoms. The van der Waals surface area contributed by atoms with Gasteiger partial charge in [0, 0.05) is 24.3 Å². The molecule has 15 heavy (non-hydrogen) atoms. The fourth-order valence-corrected chi connectivity index (χ4v) is 1.49. The van der Waals surface area contributed by atoms with Gasteiger partial charge in [-0.1, -0.05) is 11.6 Å². The molecule has 0 aromatic carbocycles. The number of hydrogen-bond donors (Lipinski definition) is 1. The number of amides is 3. The summed E-state index contributed by atoms with van der Waals surface area (Å²) < 4.78 is 0. The van der Waals surface area contributed by atoms with E-state index in [1.807, 2.05) is 0 Å². The zero-order valence-electron chi connectivity index (χ0n) is 7.74. The number of hydrogen-bond acceptors (Lipinski definition) is 3. The summed E-state index contributed by atoms with van der Waals surface area (Å²) >= 11 is 5.72. The molecule has 0 radical (unpaired) electrons. The summed E-state index contributed by atoms with van der Waals surface area (Å²) in [6, 6.07) is 2.62. The van der Waals surface area contributed by atoms with E-state index >= 15 is 0 Å². The number of pyridine rings is 1. The predicted molar refractivity (Wildman–Crippen MR) is 53.7 cm³/mol. The molecular weight excluding hydrogens is 218 g/mol. The van der Waals surface area contributed by atoms with E-state index in [0.717, 1.165) is 4.90 Å². The highest BCUT2D eigenvalue weighted by atomic mass is 35.5. The van der Waals surface area contributed by atoms with E-state index in [1.165, 1.54) is 12.3 Å². The van der Waals surface area contributed by atoms with Gasteiger partial charge in [0.1, 0.15) is 5.69 Å². The van der Waals surface area contributed by atoms with Crippen LogP contribution in [0.25, 0.3) is 0 Å². The molecule has 0 bridgehead atoms. The van der Waals surface area contributed by atoms with Crippen LogP contribution in [0.2, 0.25) is 5.02 Å². The minimum absolute atomic E-state index is 0.180. The van der Waals surface area contributed by atoms with Crippen LogP contribution in [0.4, 0.5) is 4.79 Å². The van der Waals surface area contributed by atoms with Gasteiger partial charge in [0.2, 0.25) is 0 Å². The third-order valence-corrected chi connectivity index (χ3v) is 2.28. The highest BCUT2D eigenvalue weighted by Crippen LogP contribution is 2.11. The average molecular weight is 226 g/mol. The third-order valence-electron chi connectivity index (χ3n) is 2.04. The number of rotatable bonds is 1. The topological polar surface area (TPSA) is 62.3 Å². The molecule has 1 aliphatic rings. The summed E-state index contributed by atoms with van der Waals surface area (Å²) in [6.07, 6.45) is 1.43. The Morgan fingerprint density at radius 2 is 2.40 bits per heavy atom. The van der Waals surface area contributed by atoms with Crippen molar-refractivity contribution in [2.75, 3.05) is 13.1 Å². The van der Waals surface area contributed by atoms with E-state index in [4.69, 9.17) is 11.6 Å². The highest BCUT2D eigenvalue weighted by molar-refractivity contribution is 6.30. The van der Waals surface area contributed by atoms with Crippen molar-refractivity contribution in [2.24, 2.45) is 0 Å². The number of carbonyl (C=O) groups is 2. The largest absolute Gasteiger partial charge is 0.336 e. The summed E-state index contributed by atoms with van der Waals surface area (Å²) in [7, 11) is 0. The maximum absolute atomic E-state index is 11.8. The molecule has 78 valence electrons. The lowest BCUT2D eigenvalue weighted by Crippen LogP contribution is -2.34. The van der Waals surface area contributed by atoms with Crippen molar-refractivity contribution in [2.45, 2.75) is 0 Å². The van der Waals surface area contributed by atoms with E-state index in [9.17, 15) is 9.59 Å². The van der Waals surface area contributed by atoms with Gasteiger partial charge in [-0.05, 0) is 12.1 Å². The van der Waals surface area contributed by atoms with Gasteiger partial charge in [0.05, 0.1) is 0 Å². The quantitative estimate of drug-likeness (QED) is 0.773. The molecule has 1 aliphatic heterocycles. The van der Waals surface area contributed by atoms with Gasteiger partial charge in [-0.3, -0.25) is 14.7 Å². The number of halogens is 1. The second-order valence-corrected chi connectivity index (χ2v) is 3.48. The van der Waals surface area contributed by atoms with E-state index in [0.29, 0.717) is 18.1 Å². The van der Waals surface area contributed by atoms with Gasteiger partial charge in [-0.15, -0.1) is 0 Å². The van der Waals surface area contributed by atoms with Crippen LogP contribution in [0.1, 0.15) is 10.5 Å². The zero-order valence-corrected chi connectivity index (χ0v) is 8.49. The van der Waals surface area contributed by atoms with Crippen LogP contribution in [0.15, 0.2) is 18.3 Å². The maximum Gasteiger partial charge on any atom is 0.324 e. The molecule has 0 aliphatic carbocycles. The molecule has 1 aromatic heterocycles. The average Bonchev–Trinajstić information content (AvgIpc) is 2.63. The van der Waals surface area contributed by atoms with Crippen LogP contribution in [-0.2, 0) is 0 Å². The number of carbonyl (C=O) groups excluding carboxylic acids is 2. The number of nitrogens with zero attached hydrogens (tertiary/aromatic N) is 2. The second-order valence-electron chi connectivity index (χ2n) is 3.05. The van der Waals surface area contributed by atoms with Gasteiger partial charge in [0.15, 0.2) is 0 Å². The summed E-state index contributed by atoms with van der Waals surface area (Å²) in [5.41, 5.74) is 0.180. The van der Waals surface area contributed by atoms with Crippen LogP contribution in [0, 0.1) is 0 Å². The first-order chi connectivity index (χ1) is 7.18. The summed E-state index contributed by atoms with van der Waals surface area (Å²) in [4.78, 5) is 27.9. The fourth-order valence-electron chi connectivity index (χ4n) is 1.33. The van der Waals surface area contributed by atoms with Crippen molar-refractivity contribution in [3.8, 4) is 0 Å². The highest BCUT2D eigenvalue weighted by Gasteiger charge is 2.27. The maximum atomic E-state index is 11.8. The lowest BCUT2D eigenvalue weighted by atomic mass is 10.3. The Morgan fingerprint density at radius 1 is 1.60 bits per heavy atom. The van der Waals surface area contributed by atoms with E-state index < -0.39 is 5.91 Å². The molecule has 5 nitrogen and oxygen atoms in total. The number of aromatic nitrogens is 1. The van der Waals surface area contributed by atoms with E-state index in [2.05, 4.69) is 10.3 Å². The first-order valence-corrected chi connectivity index (χ1v) is 4.77. The molecule has 0 unspecified atom stereocenters. The fraction of sp³-hybridized carbons (Fsp3) is 0.222. The lowest BCUT2D eigenvalue weighted by Gasteiger charge is -2.10. The Balaban J connectivity index is 2.24. The molecule has 2 rings (SSSR count). The molecular formula is C9H8ClN3O2. The zero-order chi connectivity index (χ0) is 10.8. The summed E-state index contributed by atoms with van der Waals surface area (Å²) in [5, 5.41) is 2.96. The monoisotopic (exact) mass is 225 g/mol. The molecule has 0 saturated carbocycles. The standard InChI is InChI=1S/C9H8ClN3O2/c10-6-1-2-11-7(5-6)8(14)13-4-3-12-9(13)15/h1-2,5H,3-4H2,(H,12,15). The van der Waals surface area contributed by atoms with Gasteiger partial charge in [-0.25, -0.2) is 4.79 Å². The van der Waals surface area contributed by atoms with E-state index in [1.54, 1.807) is 6.07 Å². The van der Waals surface area contributed by atoms with Gasteiger partial charge in [0.25, 0.3) is 5.91 Å². The van der Waals surface area contributed by atoms with Gasteiger partial charge >= 0.3 is 6.03 Å². The van der Waals surface area contributed by atoms with Crippen molar-refractivity contribution in [3.63, 3.8) is 0 Å². The van der Waals surface area contributed by atoms with Crippen molar-refractivity contribution in [1.82, 2.24) is 15.2 Å². The first kappa shape index (κ1) is 9.92. The molecule has 3 amide bonds. The van der Waals surface area contributed by atoms with Crippen LogP contribution in [-0.4, -0.2) is 34.9 Å². The number of urea groups is 1. The molecule has 1 saturated heterocycles. The summed E-state index contributed by atoms with van der Waals surface area (Å²) in [6.45, 7) is 0.844. The van der Waals surface area contributed by atoms with Crippen molar-refractivity contribution in [3.05, 3.63) is 29.0 Å². The summed E-state index contributed by atoms with van der Waals surface area (Å²) in [5.74, 6) is -0.424. The van der Waals surface area contributed by atoms with E-state index in [-0.39, 0.29) is 11.7 Å². The second kappa shape index (κ2) is 3.86. The Kier molecular flexibility index (Phi) is 2.55. The number of nitrogens with one attached hydrogen (secondary N) is 1. The van der Waals surface area contributed by atoms with Crippen LogP contribution < -0.4 is 5.32 Å². The third kappa shape index (κ3) is 1.92. The smallest absolute Gasteiger partial charge is 0.324 e. The van der Waals surface area contributed by atoms with Crippen LogP contribution in [0.3, 0.4) is 0 Å². The Hall–Kier alpha value is -1.62. The minimum atomic E-state index is -0.424. The molecule has 1 fully saturated rings. The molecule has 0 spiro atoms. The first-order valence-electron chi connectivity index (χ1n) is 4.40. The Bertz CT molecular complexity index is 422. The number of imide groups is 1. The van der Waals surface area contributed by atoms with Crippen LogP contribution >= 0.6 is 11.6 Å². The predicted octanol–water partition coefficient (Wildman–Crippen LogP) is 0.900.